The van der Waals surface area contributed by atoms with Crippen LogP contribution in [0.25, 0.3) is 0 Å². The molecular formula is C11H16O. The molecule has 0 aliphatic heterocycles. The van der Waals surface area contributed by atoms with E-state index in [1.54, 1.807) is 0 Å². The molecule has 1 unspecified atom stereocenters. The first kappa shape index (κ1) is 8.03. The summed E-state index contributed by atoms with van der Waals surface area (Å²) < 4.78 is 0. The molecule has 1 atom stereocenters. The van der Waals surface area contributed by atoms with Crippen LogP contribution >= 0.6 is 0 Å². The van der Waals surface area contributed by atoms with Crippen LogP contribution in [0.4, 0.5) is 0 Å². The number of Topliss-reactive ketones (excluding diaryl/α,β-unsaturated/α-hetero) is 1. The van der Waals surface area contributed by atoms with Crippen molar-refractivity contribution in [3.63, 3.8) is 0 Å². The van der Waals surface area contributed by atoms with Crippen LogP contribution in [0.1, 0.15) is 45.4 Å². The van der Waals surface area contributed by atoms with Crippen molar-refractivity contribution in [3.8, 4) is 0 Å². The van der Waals surface area contributed by atoms with E-state index in [2.05, 4.69) is 6.92 Å². The van der Waals surface area contributed by atoms with Crippen molar-refractivity contribution in [2.75, 3.05) is 0 Å². The zero-order chi connectivity index (χ0) is 8.55. The minimum absolute atomic E-state index is 0.436. The Balaban J connectivity index is 2.34. The topological polar surface area (TPSA) is 17.1 Å². The quantitative estimate of drug-likeness (QED) is 0.582. The van der Waals surface area contributed by atoms with Crippen LogP contribution in [0.15, 0.2) is 11.1 Å². The van der Waals surface area contributed by atoms with Gasteiger partial charge in [-0.2, -0.15) is 0 Å². The second-order valence-corrected chi connectivity index (χ2v) is 3.91. The standard InChI is InChI=1S/C11H16O/c1-2-9-10-5-3-4-8(10)6-7-11(9)12/h8H,2-7H2,1H3. The lowest BCUT2D eigenvalue weighted by atomic mass is 9.83. The number of rotatable bonds is 1. The Labute approximate surface area is 73.8 Å². The Morgan fingerprint density at radius 1 is 1.33 bits per heavy atom. The molecule has 1 saturated carbocycles. The highest BCUT2D eigenvalue weighted by Gasteiger charge is 2.30. The van der Waals surface area contributed by atoms with Gasteiger partial charge in [0.15, 0.2) is 5.78 Å². The molecule has 0 heterocycles. The van der Waals surface area contributed by atoms with Gasteiger partial charge in [-0.05, 0) is 43.6 Å². The van der Waals surface area contributed by atoms with E-state index in [1.165, 1.54) is 30.4 Å². The van der Waals surface area contributed by atoms with Gasteiger partial charge in [0.25, 0.3) is 0 Å². The predicted molar refractivity (Wildman–Crippen MR) is 48.9 cm³/mol. The number of hydrogen-bond acceptors (Lipinski definition) is 1. The van der Waals surface area contributed by atoms with Gasteiger partial charge in [0.2, 0.25) is 0 Å². The molecule has 0 N–H and O–H groups in total. The van der Waals surface area contributed by atoms with E-state index < -0.39 is 0 Å². The lowest BCUT2D eigenvalue weighted by Gasteiger charge is -2.21. The molecule has 12 heavy (non-hydrogen) atoms. The van der Waals surface area contributed by atoms with Crippen molar-refractivity contribution in [1.29, 1.82) is 0 Å². The van der Waals surface area contributed by atoms with Crippen LogP contribution in [-0.2, 0) is 4.79 Å². The molecule has 0 saturated heterocycles. The predicted octanol–water partition coefficient (Wildman–Crippen LogP) is 2.86. The fourth-order valence-corrected chi connectivity index (χ4v) is 2.69. The summed E-state index contributed by atoms with van der Waals surface area (Å²) in [4.78, 5) is 11.5. The first-order valence-electron chi connectivity index (χ1n) is 5.08. The number of hydrogen-bond donors (Lipinski definition) is 0. The monoisotopic (exact) mass is 164 g/mol. The average molecular weight is 164 g/mol. The zero-order valence-electron chi connectivity index (χ0n) is 7.73. The first-order valence-corrected chi connectivity index (χ1v) is 5.08. The summed E-state index contributed by atoms with van der Waals surface area (Å²) in [5, 5.41) is 0. The Kier molecular flexibility index (Phi) is 2.03. The number of ketones is 1. The summed E-state index contributed by atoms with van der Waals surface area (Å²) in [7, 11) is 0. The SMILES string of the molecule is CCC1=C2CCCC2CCC1=O. The molecule has 1 nitrogen and oxygen atoms in total. The molecule has 0 aromatic rings. The van der Waals surface area contributed by atoms with Crippen LogP contribution in [0.5, 0.6) is 0 Å². The van der Waals surface area contributed by atoms with Gasteiger partial charge >= 0.3 is 0 Å². The van der Waals surface area contributed by atoms with Gasteiger partial charge in [-0.15, -0.1) is 0 Å². The van der Waals surface area contributed by atoms with Gasteiger partial charge in [0.05, 0.1) is 0 Å². The van der Waals surface area contributed by atoms with Gasteiger partial charge < -0.3 is 0 Å². The van der Waals surface area contributed by atoms with Crippen molar-refractivity contribution >= 4 is 5.78 Å². The van der Waals surface area contributed by atoms with Gasteiger partial charge in [-0.3, -0.25) is 4.79 Å². The minimum Gasteiger partial charge on any atom is -0.295 e. The minimum atomic E-state index is 0.436. The average Bonchev–Trinajstić information content (AvgIpc) is 2.52. The van der Waals surface area contributed by atoms with Gasteiger partial charge in [-0.1, -0.05) is 12.5 Å². The van der Waals surface area contributed by atoms with Crippen molar-refractivity contribution in [3.05, 3.63) is 11.1 Å². The molecule has 2 aliphatic rings. The molecule has 2 rings (SSSR count). The van der Waals surface area contributed by atoms with Gasteiger partial charge in [-0.25, -0.2) is 0 Å². The molecule has 0 aromatic carbocycles. The Hall–Kier alpha value is -0.590. The van der Waals surface area contributed by atoms with E-state index in [4.69, 9.17) is 0 Å². The van der Waals surface area contributed by atoms with Crippen LogP contribution in [0.2, 0.25) is 0 Å². The lowest BCUT2D eigenvalue weighted by molar-refractivity contribution is -0.116. The zero-order valence-corrected chi connectivity index (χ0v) is 7.73. The number of allylic oxidation sites excluding steroid dienone is 2. The smallest absolute Gasteiger partial charge is 0.158 e. The molecule has 0 amide bonds. The third-order valence-electron chi connectivity index (χ3n) is 3.29. The Morgan fingerprint density at radius 2 is 2.17 bits per heavy atom. The molecule has 66 valence electrons. The largest absolute Gasteiger partial charge is 0.295 e. The Bertz CT molecular complexity index is 237. The van der Waals surface area contributed by atoms with Crippen LogP contribution in [0.3, 0.4) is 0 Å². The van der Waals surface area contributed by atoms with Gasteiger partial charge in [0, 0.05) is 6.42 Å². The summed E-state index contributed by atoms with van der Waals surface area (Å²) in [6, 6.07) is 0. The second-order valence-electron chi connectivity index (χ2n) is 3.91. The van der Waals surface area contributed by atoms with Crippen LogP contribution < -0.4 is 0 Å². The highest BCUT2D eigenvalue weighted by molar-refractivity contribution is 5.97. The molecular weight excluding hydrogens is 148 g/mol. The van der Waals surface area contributed by atoms with Crippen molar-refractivity contribution in [1.82, 2.24) is 0 Å². The number of carbonyl (C=O) groups excluding carboxylic acids is 1. The molecule has 0 spiro atoms. The van der Waals surface area contributed by atoms with E-state index in [0.717, 1.165) is 25.2 Å². The van der Waals surface area contributed by atoms with E-state index in [1.807, 2.05) is 0 Å². The summed E-state index contributed by atoms with van der Waals surface area (Å²) in [5.74, 6) is 1.23. The molecule has 0 radical (unpaired) electrons. The molecule has 1 fully saturated rings. The number of fused-ring (bicyclic) bond motifs is 1. The summed E-state index contributed by atoms with van der Waals surface area (Å²) in [5.41, 5.74) is 2.71. The third kappa shape index (κ3) is 1.12. The first-order chi connectivity index (χ1) is 5.83. The van der Waals surface area contributed by atoms with Crippen LogP contribution in [-0.4, -0.2) is 5.78 Å². The number of carbonyl (C=O) groups is 1. The van der Waals surface area contributed by atoms with Crippen LogP contribution in [0, 0.1) is 5.92 Å². The molecule has 2 aliphatic carbocycles. The maximum absolute atomic E-state index is 11.5. The van der Waals surface area contributed by atoms with Crippen molar-refractivity contribution in [2.45, 2.75) is 45.4 Å². The highest BCUT2D eigenvalue weighted by atomic mass is 16.1. The highest BCUT2D eigenvalue weighted by Crippen LogP contribution is 2.40. The maximum atomic E-state index is 11.5. The lowest BCUT2D eigenvalue weighted by Crippen LogP contribution is -2.15. The third-order valence-corrected chi connectivity index (χ3v) is 3.29. The molecule has 0 aromatic heterocycles. The van der Waals surface area contributed by atoms with E-state index in [0.29, 0.717) is 5.78 Å². The summed E-state index contributed by atoms with van der Waals surface area (Å²) in [6.45, 7) is 2.11. The molecule has 1 heteroatoms. The van der Waals surface area contributed by atoms with Crippen molar-refractivity contribution in [2.24, 2.45) is 5.92 Å². The van der Waals surface area contributed by atoms with E-state index >= 15 is 0 Å². The Morgan fingerprint density at radius 3 is 2.92 bits per heavy atom. The normalized spacial score (nSPS) is 29.4. The summed E-state index contributed by atoms with van der Waals surface area (Å²) >= 11 is 0. The van der Waals surface area contributed by atoms with E-state index in [-0.39, 0.29) is 0 Å². The fourth-order valence-electron chi connectivity index (χ4n) is 2.69. The van der Waals surface area contributed by atoms with E-state index in [9.17, 15) is 4.79 Å². The summed E-state index contributed by atoms with van der Waals surface area (Å²) in [6.07, 6.45) is 6.78. The fraction of sp³-hybridized carbons (Fsp3) is 0.727. The van der Waals surface area contributed by atoms with Gasteiger partial charge in [0.1, 0.15) is 0 Å². The second kappa shape index (κ2) is 3.04. The van der Waals surface area contributed by atoms with Crippen molar-refractivity contribution < 1.29 is 4.79 Å². The molecule has 0 bridgehead atoms. The maximum Gasteiger partial charge on any atom is 0.158 e.